The first kappa shape index (κ1) is 17.7. The predicted octanol–water partition coefficient (Wildman–Crippen LogP) is 3.32. The standard InChI is InChI=1S/C19H27NO3/c1-14(21)20(23-13-15-8-6-5-7-9-15)17-11-10-16(12-17)18(22)19(2,3)4/h5-11,16-18,22H,12-13H2,1-4H3/t16-,17+,18?/m1/s1. The van der Waals surface area contributed by atoms with Gasteiger partial charge in [0.05, 0.1) is 12.1 Å². The minimum atomic E-state index is -0.438. The van der Waals surface area contributed by atoms with Crippen LogP contribution in [0.5, 0.6) is 0 Å². The van der Waals surface area contributed by atoms with E-state index < -0.39 is 6.10 Å². The van der Waals surface area contributed by atoms with Crippen molar-refractivity contribution in [3.8, 4) is 0 Å². The molecule has 1 aliphatic carbocycles. The summed E-state index contributed by atoms with van der Waals surface area (Å²) in [4.78, 5) is 17.7. The van der Waals surface area contributed by atoms with E-state index in [9.17, 15) is 9.90 Å². The van der Waals surface area contributed by atoms with E-state index in [4.69, 9.17) is 4.84 Å². The van der Waals surface area contributed by atoms with E-state index in [0.717, 1.165) is 5.56 Å². The zero-order valence-corrected chi connectivity index (χ0v) is 14.4. The van der Waals surface area contributed by atoms with Crippen LogP contribution in [0.4, 0.5) is 0 Å². The third-order valence-corrected chi connectivity index (χ3v) is 4.21. The monoisotopic (exact) mass is 317 g/mol. The molecule has 126 valence electrons. The van der Waals surface area contributed by atoms with E-state index in [-0.39, 0.29) is 23.3 Å². The SMILES string of the molecule is CC(=O)N(OCc1ccccc1)[C@H]1C=C[C@@H](C(O)C(C)(C)C)C1. The number of hydrogen-bond donors (Lipinski definition) is 1. The molecule has 2 rings (SSSR count). The quantitative estimate of drug-likeness (QED) is 0.669. The highest BCUT2D eigenvalue weighted by Crippen LogP contribution is 2.33. The molecule has 23 heavy (non-hydrogen) atoms. The van der Waals surface area contributed by atoms with E-state index in [2.05, 4.69) is 0 Å². The van der Waals surface area contributed by atoms with Crippen molar-refractivity contribution in [2.24, 2.45) is 11.3 Å². The molecule has 0 aliphatic heterocycles. The molecule has 0 fully saturated rings. The molecule has 0 saturated heterocycles. The molecular formula is C19H27NO3. The number of nitrogens with zero attached hydrogens (tertiary/aromatic N) is 1. The second kappa shape index (κ2) is 7.28. The van der Waals surface area contributed by atoms with Crippen molar-refractivity contribution in [1.82, 2.24) is 5.06 Å². The highest BCUT2D eigenvalue weighted by molar-refractivity contribution is 5.72. The molecule has 1 unspecified atom stereocenters. The molecule has 4 nitrogen and oxygen atoms in total. The van der Waals surface area contributed by atoms with Crippen molar-refractivity contribution < 1.29 is 14.7 Å². The van der Waals surface area contributed by atoms with Gasteiger partial charge in [-0.15, -0.1) is 0 Å². The lowest BCUT2D eigenvalue weighted by Gasteiger charge is -2.32. The molecule has 4 heteroatoms. The summed E-state index contributed by atoms with van der Waals surface area (Å²) in [6.45, 7) is 7.93. The van der Waals surface area contributed by atoms with Crippen LogP contribution in [-0.2, 0) is 16.2 Å². The fraction of sp³-hybridized carbons (Fsp3) is 0.526. The summed E-state index contributed by atoms with van der Waals surface area (Å²) in [6, 6.07) is 9.65. The molecule has 3 atom stereocenters. The van der Waals surface area contributed by atoms with E-state index in [0.29, 0.717) is 13.0 Å². The fourth-order valence-corrected chi connectivity index (χ4v) is 2.90. The highest BCUT2D eigenvalue weighted by Gasteiger charge is 2.35. The smallest absolute Gasteiger partial charge is 0.243 e. The van der Waals surface area contributed by atoms with Gasteiger partial charge in [-0.3, -0.25) is 9.63 Å². The first-order chi connectivity index (χ1) is 10.8. The zero-order chi connectivity index (χ0) is 17.0. The van der Waals surface area contributed by atoms with Crippen LogP contribution >= 0.6 is 0 Å². The maximum Gasteiger partial charge on any atom is 0.243 e. The summed E-state index contributed by atoms with van der Waals surface area (Å²) in [5.41, 5.74) is 0.836. The highest BCUT2D eigenvalue weighted by atomic mass is 16.7. The van der Waals surface area contributed by atoms with E-state index in [1.807, 2.05) is 63.3 Å². The van der Waals surface area contributed by atoms with Crippen molar-refractivity contribution in [2.75, 3.05) is 0 Å². The molecule has 1 N–H and O–H groups in total. The number of carbonyl (C=O) groups is 1. The predicted molar refractivity (Wildman–Crippen MR) is 90.2 cm³/mol. The van der Waals surface area contributed by atoms with Gasteiger partial charge in [0.1, 0.15) is 6.61 Å². The van der Waals surface area contributed by atoms with Gasteiger partial charge in [0, 0.05) is 12.8 Å². The summed E-state index contributed by atoms with van der Waals surface area (Å²) >= 11 is 0. The van der Waals surface area contributed by atoms with Crippen molar-refractivity contribution in [3.05, 3.63) is 48.0 Å². The molecule has 1 aromatic rings. The van der Waals surface area contributed by atoms with Crippen LogP contribution < -0.4 is 0 Å². The van der Waals surface area contributed by atoms with E-state index >= 15 is 0 Å². The molecule has 1 aromatic carbocycles. The van der Waals surface area contributed by atoms with Crippen molar-refractivity contribution in [2.45, 2.75) is 52.9 Å². The lowest BCUT2D eigenvalue weighted by Crippen LogP contribution is -2.39. The number of aliphatic hydroxyl groups excluding tert-OH is 1. The van der Waals surface area contributed by atoms with Crippen molar-refractivity contribution >= 4 is 5.91 Å². The lowest BCUT2D eigenvalue weighted by molar-refractivity contribution is -0.199. The molecule has 0 radical (unpaired) electrons. The molecular weight excluding hydrogens is 290 g/mol. The van der Waals surface area contributed by atoms with Crippen LogP contribution in [0, 0.1) is 11.3 Å². The number of amides is 1. The third-order valence-electron chi connectivity index (χ3n) is 4.21. The Labute approximate surface area is 138 Å². The third kappa shape index (κ3) is 4.66. The van der Waals surface area contributed by atoms with Gasteiger partial charge in [-0.2, -0.15) is 0 Å². The van der Waals surface area contributed by atoms with Crippen LogP contribution in [0.25, 0.3) is 0 Å². The van der Waals surface area contributed by atoms with Gasteiger partial charge in [-0.25, -0.2) is 5.06 Å². The second-order valence-corrected chi connectivity index (χ2v) is 7.27. The van der Waals surface area contributed by atoms with Gasteiger partial charge in [0.15, 0.2) is 0 Å². The average molecular weight is 317 g/mol. The van der Waals surface area contributed by atoms with Gasteiger partial charge >= 0.3 is 0 Å². The Balaban J connectivity index is 1.97. The van der Waals surface area contributed by atoms with Crippen LogP contribution in [0.15, 0.2) is 42.5 Å². The molecule has 0 aromatic heterocycles. The minimum Gasteiger partial charge on any atom is -0.392 e. The Morgan fingerprint density at radius 2 is 1.96 bits per heavy atom. The molecule has 0 bridgehead atoms. The summed E-state index contributed by atoms with van der Waals surface area (Å²) in [5.74, 6) is -0.0799. The second-order valence-electron chi connectivity index (χ2n) is 7.27. The number of benzene rings is 1. The normalized spacial score (nSPS) is 22.1. The number of carbonyl (C=O) groups excluding carboxylic acids is 1. The van der Waals surface area contributed by atoms with Gasteiger partial charge < -0.3 is 5.11 Å². The summed E-state index contributed by atoms with van der Waals surface area (Å²) < 4.78 is 0. The Morgan fingerprint density at radius 3 is 2.52 bits per heavy atom. The topological polar surface area (TPSA) is 49.8 Å². The maximum absolute atomic E-state index is 11.9. The number of hydroxylamine groups is 2. The molecule has 0 spiro atoms. The Hall–Kier alpha value is -1.65. The van der Waals surface area contributed by atoms with Gasteiger partial charge in [0.2, 0.25) is 5.91 Å². The molecule has 0 heterocycles. The fourth-order valence-electron chi connectivity index (χ4n) is 2.90. The van der Waals surface area contributed by atoms with Gasteiger partial charge in [-0.1, -0.05) is 63.3 Å². The first-order valence-electron chi connectivity index (χ1n) is 8.12. The van der Waals surface area contributed by atoms with Crippen molar-refractivity contribution in [3.63, 3.8) is 0 Å². The number of aliphatic hydroxyl groups is 1. The average Bonchev–Trinajstić information content (AvgIpc) is 2.96. The minimum absolute atomic E-state index is 0.0437. The molecule has 1 amide bonds. The first-order valence-corrected chi connectivity index (χ1v) is 8.12. The van der Waals surface area contributed by atoms with Crippen LogP contribution in [0.3, 0.4) is 0 Å². The lowest BCUT2D eigenvalue weighted by atomic mass is 9.81. The van der Waals surface area contributed by atoms with Crippen LogP contribution in [-0.4, -0.2) is 28.2 Å². The Bertz CT molecular complexity index is 547. The van der Waals surface area contributed by atoms with Gasteiger partial charge in [0.25, 0.3) is 0 Å². The van der Waals surface area contributed by atoms with Gasteiger partial charge in [-0.05, 0) is 17.4 Å². The van der Waals surface area contributed by atoms with Crippen LogP contribution in [0.1, 0.15) is 39.7 Å². The number of hydrogen-bond acceptors (Lipinski definition) is 3. The molecule has 0 saturated carbocycles. The summed E-state index contributed by atoms with van der Waals surface area (Å²) in [5, 5.41) is 11.9. The van der Waals surface area contributed by atoms with E-state index in [1.165, 1.54) is 12.0 Å². The molecule has 1 aliphatic rings. The Kier molecular flexibility index (Phi) is 5.60. The number of rotatable bonds is 5. The summed E-state index contributed by atoms with van der Waals surface area (Å²) in [6.07, 6.45) is 4.22. The van der Waals surface area contributed by atoms with E-state index in [1.54, 1.807) is 0 Å². The van der Waals surface area contributed by atoms with Crippen LogP contribution in [0.2, 0.25) is 0 Å². The maximum atomic E-state index is 11.9. The summed E-state index contributed by atoms with van der Waals surface area (Å²) in [7, 11) is 0. The largest absolute Gasteiger partial charge is 0.392 e. The zero-order valence-electron chi connectivity index (χ0n) is 14.4. The van der Waals surface area contributed by atoms with Crippen molar-refractivity contribution in [1.29, 1.82) is 0 Å². The Morgan fingerprint density at radius 1 is 1.30 bits per heavy atom.